The van der Waals surface area contributed by atoms with Crippen molar-refractivity contribution < 1.29 is 14.6 Å². The number of fused-ring (bicyclic) bond motifs is 1. The van der Waals surface area contributed by atoms with E-state index >= 15 is 0 Å². The maximum atomic E-state index is 12.5. The molecule has 0 saturated heterocycles. The van der Waals surface area contributed by atoms with E-state index in [2.05, 4.69) is 16.5 Å². The molecule has 0 aliphatic heterocycles. The number of hydrogen-bond acceptors (Lipinski definition) is 7. The predicted octanol–water partition coefficient (Wildman–Crippen LogP) is 3.78. The molecule has 0 aliphatic rings. The van der Waals surface area contributed by atoms with Crippen molar-refractivity contribution in [3.05, 3.63) is 73.1 Å². The molecule has 1 amide bonds. The van der Waals surface area contributed by atoms with Crippen LogP contribution >= 0.6 is 0 Å². The standard InChI is InChI=1S/C26H28N6O3/c1-4-22(34)31(15-18-8-6-5-7-9-18)12-13-32-26-23(25(27)28-16-29-26)24(30-32)19-10-11-21(20(33)14-19)35-17(2)3/h4-11,14,16-17,33H,1,12-13,15H2,2-3H3,(H2,27,28,29). The fraction of sp³-hybridized carbons (Fsp3) is 0.231. The second-order valence-corrected chi connectivity index (χ2v) is 8.33. The van der Waals surface area contributed by atoms with E-state index < -0.39 is 0 Å². The summed E-state index contributed by atoms with van der Waals surface area (Å²) in [5, 5.41) is 15.8. The summed E-state index contributed by atoms with van der Waals surface area (Å²) < 4.78 is 7.33. The number of phenolic OH excluding ortho intramolecular Hbond substituents is 1. The molecular formula is C26H28N6O3. The highest BCUT2D eigenvalue weighted by molar-refractivity contribution is 5.98. The zero-order valence-corrected chi connectivity index (χ0v) is 19.8. The molecule has 0 spiro atoms. The number of hydrogen-bond donors (Lipinski definition) is 2. The number of nitrogens with two attached hydrogens (primary N) is 1. The van der Waals surface area contributed by atoms with Crippen LogP contribution in [0.4, 0.5) is 5.82 Å². The number of nitrogens with zero attached hydrogens (tertiary/aromatic N) is 5. The largest absolute Gasteiger partial charge is 0.504 e. The minimum Gasteiger partial charge on any atom is -0.504 e. The molecule has 180 valence electrons. The van der Waals surface area contributed by atoms with Crippen LogP contribution in [-0.2, 0) is 17.9 Å². The summed E-state index contributed by atoms with van der Waals surface area (Å²) in [5.74, 6) is 0.489. The predicted molar refractivity (Wildman–Crippen MR) is 135 cm³/mol. The van der Waals surface area contributed by atoms with Gasteiger partial charge < -0.3 is 20.5 Å². The van der Waals surface area contributed by atoms with Gasteiger partial charge in [-0.05, 0) is 43.7 Å². The smallest absolute Gasteiger partial charge is 0.246 e. The SMILES string of the molecule is C=CC(=O)N(CCn1nc(-c2ccc(OC(C)C)c(O)c2)c2c(N)ncnc21)Cc1ccccc1. The molecule has 2 aromatic heterocycles. The van der Waals surface area contributed by atoms with Crippen molar-refractivity contribution in [2.24, 2.45) is 0 Å². The second-order valence-electron chi connectivity index (χ2n) is 8.33. The highest BCUT2D eigenvalue weighted by atomic mass is 16.5. The molecule has 2 aromatic carbocycles. The number of benzene rings is 2. The van der Waals surface area contributed by atoms with Gasteiger partial charge in [0.1, 0.15) is 17.8 Å². The third kappa shape index (κ3) is 5.24. The highest BCUT2D eigenvalue weighted by Gasteiger charge is 2.20. The lowest BCUT2D eigenvalue weighted by Crippen LogP contribution is -2.32. The Labute approximate surface area is 203 Å². The number of amides is 1. The minimum atomic E-state index is -0.176. The summed E-state index contributed by atoms with van der Waals surface area (Å²) in [7, 11) is 0. The Morgan fingerprint density at radius 1 is 1.23 bits per heavy atom. The van der Waals surface area contributed by atoms with Crippen molar-refractivity contribution in [3.8, 4) is 22.8 Å². The normalized spacial score (nSPS) is 11.1. The molecule has 4 rings (SSSR count). The Bertz CT molecular complexity index is 1350. The van der Waals surface area contributed by atoms with Gasteiger partial charge in [-0.3, -0.25) is 4.79 Å². The molecule has 0 fully saturated rings. The number of rotatable bonds is 9. The first-order valence-electron chi connectivity index (χ1n) is 11.3. The van der Waals surface area contributed by atoms with Crippen molar-refractivity contribution in [1.82, 2.24) is 24.6 Å². The Kier molecular flexibility index (Phi) is 6.96. The van der Waals surface area contributed by atoms with Gasteiger partial charge in [-0.25, -0.2) is 14.6 Å². The molecular weight excluding hydrogens is 444 g/mol. The Morgan fingerprint density at radius 3 is 2.69 bits per heavy atom. The van der Waals surface area contributed by atoms with E-state index in [9.17, 15) is 9.90 Å². The fourth-order valence-corrected chi connectivity index (χ4v) is 3.82. The van der Waals surface area contributed by atoms with Crippen LogP contribution < -0.4 is 10.5 Å². The van der Waals surface area contributed by atoms with E-state index in [0.29, 0.717) is 47.7 Å². The molecule has 35 heavy (non-hydrogen) atoms. The zero-order valence-electron chi connectivity index (χ0n) is 19.8. The van der Waals surface area contributed by atoms with Gasteiger partial charge in [0, 0.05) is 18.7 Å². The number of ether oxygens (including phenoxy) is 1. The van der Waals surface area contributed by atoms with Crippen LogP contribution in [0.3, 0.4) is 0 Å². The van der Waals surface area contributed by atoms with E-state index in [1.54, 1.807) is 27.8 Å². The number of aromatic nitrogens is 4. The molecule has 0 radical (unpaired) electrons. The maximum Gasteiger partial charge on any atom is 0.246 e. The summed E-state index contributed by atoms with van der Waals surface area (Å²) >= 11 is 0. The first kappa shape index (κ1) is 23.7. The molecule has 0 aliphatic carbocycles. The van der Waals surface area contributed by atoms with E-state index in [1.807, 2.05) is 44.2 Å². The van der Waals surface area contributed by atoms with Gasteiger partial charge in [0.25, 0.3) is 0 Å². The average Bonchev–Trinajstić information content (AvgIpc) is 3.23. The van der Waals surface area contributed by atoms with Crippen LogP contribution in [0.15, 0.2) is 67.5 Å². The highest BCUT2D eigenvalue weighted by Crippen LogP contribution is 2.35. The summed E-state index contributed by atoms with van der Waals surface area (Å²) in [6, 6.07) is 14.8. The number of nitrogen functional groups attached to an aromatic ring is 1. The maximum absolute atomic E-state index is 12.5. The van der Waals surface area contributed by atoms with Gasteiger partial charge in [0.15, 0.2) is 17.1 Å². The molecule has 3 N–H and O–H groups in total. The van der Waals surface area contributed by atoms with E-state index in [-0.39, 0.29) is 23.6 Å². The topological polar surface area (TPSA) is 119 Å². The minimum absolute atomic E-state index is 0.0000585. The van der Waals surface area contributed by atoms with Crippen molar-refractivity contribution >= 4 is 22.8 Å². The molecule has 9 heteroatoms. The fourth-order valence-electron chi connectivity index (χ4n) is 3.82. The number of aromatic hydroxyl groups is 1. The average molecular weight is 473 g/mol. The third-order valence-corrected chi connectivity index (χ3v) is 5.44. The van der Waals surface area contributed by atoms with Gasteiger partial charge in [-0.15, -0.1) is 0 Å². The molecule has 4 aromatic rings. The number of carbonyl (C=O) groups is 1. The number of anilines is 1. The van der Waals surface area contributed by atoms with Crippen LogP contribution in [0.5, 0.6) is 11.5 Å². The lowest BCUT2D eigenvalue weighted by Gasteiger charge is -2.21. The van der Waals surface area contributed by atoms with Crippen LogP contribution in [-0.4, -0.2) is 48.3 Å². The van der Waals surface area contributed by atoms with Crippen LogP contribution in [0, 0.1) is 0 Å². The van der Waals surface area contributed by atoms with Crippen LogP contribution in [0.1, 0.15) is 19.4 Å². The Morgan fingerprint density at radius 2 is 2.00 bits per heavy atom. The second kappa shape index (κ2) is 10.3. The number of phenols is 1. The monoisotopic (exact) mass is 472 g/mol. The summed E-state index contributed by atoms with van der Waals surface area (Å²) in [6.45, 7) is 8.61. The van der Waals surface area contributed by atoms with Crippen LogP contribution in [0.2, 0.25) is 0 Å². The summed E-state index contributed by atoms with van der Waals surface area (Å²) in [5.41, 5.74) is 8.94. The van der Waals surface area contributed by atoms with E-state index in [4.69, 9.17) is 15.6 Å². The molecule has 9 nitrogen and oxygen atoms in total. The van der Waals surface area contributed by atoms with Crippen LogP contribution in [0.25, 0.3) is 22.3 Å². The van der Waals surface area contributed by atoms with Gasteiger partial charge >= 0.3 is 0 Å². The molecule has 2 heterocycles. The van der Waals surface area contributed by atoms with Gasteiger partial charge in [-0.2, -0.15) is 5.10 Å². The third-order valence-electron chi connectivity index (χ3n) is 5.44. The van der Waals surface area contributed by atoms with E-state index in [1.165, 1.54) is 12.4 Å². The van der Waals surface area contributed by atoms with Gasteiger partial charge in [0.05, 0.1) is 18.0 Å². The Hall–Kier alpha value is -4.40. The zero-order chi connectivity index (χ0) is 24.9. The quantitative estimate of drug-likeness (QED) is 0.356. The van der Waals surface area contributed by atoms with Crippen molar-refractivity contribution in [2.75, 3.05) is 12.3 Å². The molecule has 0 bridgehead atoms. The molecule has 0 atom stereocenters. The van der Waals surface area contributed by atoms with Gasteiger partial charge in [-0.1, -0.05) is 36.9 Å². The molecule has 0 unspecified atom stereocenters. The molecule has 0 saturated carbocycles. The van der Waals surface area contributed by atoms with Crippen molar-refractivity contribution in [3.63, 3.8) is 0 Å². The first-order chi connectivity index (χ1) is 16.9. The first-order valence-corrected chi connectivity index (χ1v) is 11.3. The Balaban J connectivity index is 1.66. The number of carbonyl (C=O) groups excluding carboxylic acids is 1. The lowest BCUT2D eigenvalue weighted by molar-refractivity contribution is -0.126. The van der Waals surface area contributed by atoms with Crippen molar-refractivity contribution in [2.45, 2.75) is 33.0 Å². The summed E-state index contributed by atoms with van der Waals surface area (Å²) in [4.78, 5) is 22.7. The van der Waals surface area contributed by atoms with Crippen molar-refractivity contribution in [1.29, 1.82) is 0 Å². The van der Waals surface area contributed by atoms with Gasteiger partial charge in [0.2, 0.25) is 5.91 Å². The lowest BCUT2D eigenvalue weighted by atomic mass is 10.1. The van der Waals surface area contributed by atoms with E-state index in [0.717, 1.165) is 5.56 Å². The summed E-state index contributed by atoms with van der Waals surface area (Å²) in [6.07, 6.45) is 2.61.